The maximum Gasteiger partial charge on any atom is 0.151 e. The van der Waals surface area contributed by atoms with Crippen LogP contribution in [0.1, 0.15) is 45.9 Å². The van der Waals surface area contributed by atoms with Crippen molar-refractivity contribution in [3.8, 4) is 17.0 Å². The van der Waals surface area contributed by atoms with Crippen LogP contribution in [0.5, 0.6) is 5.75 Å². The fraction of sp³-hybridized carbons (Fsp3) is 0.476. The van der Waals surface area contributed by atoms with E-state index >= 15 is 0 Å². The average Bonchev–Trinajstić information content (AvgIpc) is 3.31. The number of rotatable bonds is 4. The highest BCUT2D eigenvalue weighted by atomic mass is 35.5. The average molecular weight is 439 g/mol. The Kier molecular flexibility index (Phi) is 4.91. The van der Waals surface area contributed by atoms with Crippen molar-refractivity contribution in [3.63, 3.8) is 0 Å². The molecule has 2 aliphatic heterocycles. The first-order valence-corrected chi connectivity index (χ1v) is 10.9. The van der Waals surface area contributed by atoms with Crippen LogP contribution < -0.4 is 9.46 Å². The van der Waals surface area contributed by atoms with Gasteiger partial charge >= 0.3 is 0 Å². The first-order chi connectivity index (χ1) is 13.4. The van der Waals surface area contributed by atoms with Crippen molar-refractivity contribution in [2.24, 2.45) is 0 Å². The number of aromatic nitrogens is 1. The number of halogens is 2. The molecule has 0 radical (unpaired) electrons. The maximum absolute atomic E-state index is 13.7. The van der Waals surface area contributed by atoms with E-state index in [9.17, 15) is 8.94 Å². The summed E-state index contributed by atoms with van der Waals surface area (Å²) in [5, 5.41) is 0.0186. The Morgan fingerprint density at radius 1 is 1.24 bits per heavy atom. The van der Waals surface area contributed by atoms with Gasteiger partial charge in [0.05, 0.1) is 17.3 Å². The molecular weight excluding hydrogens is 415 g/mol. The summed E-state index contributed by atoms with van der Waals surface area (Å²) < 4.78 is 41.0. The third-order valence-corrected chi connectivity index (χ3v) is 7.30. The van der Waals surface area contributed by atoms with Gasteiger partial charge in [-0.3, -0.25) is 0 Å². The van der Waals surface area contributed by atoms with Crippen molar-refractivity contribution in [1.29, 1.82) is 0 Å². The number of pyridine rings is 1. The molecule has 0 aliphatic carbocycles. The van der Waals surface area contributed by atoms with Crippen LogP contribution in [0.3, 0.4) is 0 Å². The molecule has 1 fully saturated rings. The van der Waals surface area contributed by atoms with Crippen LogP contribution in [0.25, 0.3) is 11.3 Å². The predicted molar refractivity (Wildman–Crippen MR) is 112 cm³/mol. The molecule has 1 aromatic carbocycles. The highest BCUT2D eigenvalue weighted by Crippen LogP contribution is 2.47. The number of ether oxygens (including phenoxy) is 2. The van der Waals surface area contributed by atoms with Crippen molar-refractivity contribution >= 4 is 23.0 Å². The van der Waals surface area contributed by atoms with Crippen molar-refractivity contribution in [2.75, 3.05) is 13.2 Å². The topological polar surface area (TPSA) is 69.7 Å². The number of nitrogens with zero attached hydrogens (tertiary/aromatic N) is 1. The zero-order valence-electron chi connectivity index (χ0n) is 17.1. The molecule has 1 saturated heterocycles. The molecule has 8 heteroatoms. The number of hydrogen-bond acceptors (Lipinski definition) is 5. The second kappa shape index (κ2) is 6.82. The van der Waals surface area contributed by atoms with Crippen molar-refractivity contribution in [2.45, 2.75) is 50.5 Å². The molecule has 156 valence electrons. The van der Waals surface area contributed by atoms with Gasteiger partial charge in [0.2, 0.25) is 0 Å². The Labute approximate surface area is 178 Å². The normalized spacial score (nSPS) is 26.8. The minimum Gasteiger partial charge on any atom is -0.598 e. The lowest BCUT2D eigenvalue weighted by atomic mass is 9.92. The van der Waals surface area contributed by atoms with Gasteiger partial charge in [0.15, 0.2) is 5.75 Å². The molecule has 0 saturated carbocycles. The van der Waals surface area contributed by atoms with E-state index in [1.165, 1.54) is 6.07 Å². The van der Waals surface area contributed by atoms with E-state index in [1.54, 1.807) is 12.1 Å². The molecule has 2 aromatic rings. The van der Waals surface area contributed by atoms with Gasteiger partial charge < -0.3 is 14.0 Å². The third kappa shape index (κ3) is 3.75. The summed E-state index contributed by atoms with van der Waals surface area (Å²) in [7, 11) is 0. The highest BCUT2D eigenvalue weighted by molar-refractivity contribution is 7.90. The number of nitrogens with one attached hydrogen (secondary N) is 1. The Bertz CT molecular complexity index is 977. The van der Waals surface area contributed by atoms with Crippen LogP contribution in [0, 0.1) is 5.82 Å². The smallest absolute Gasteiger partial charge is 0.151 e. The highest BCUT2D eigenvalue weighted by Gasteiger charge is 2.48. The van der Waals surface area contributed by atoms with Gasteiger partial charge in [-0.15, -0.1) is 4.72 Å². The monoisotopic (exact) mass is 438 g/mol. The van der Waals surface area contributed by atoms with Crippen LogP contribution in [0.15, 0.2) is 24.3 Å². The van der Waals surface area contributed by atoms with E-state index in [4.69, 9.17) is 26.1 Å². The van der Waals surface area contributed by atoms with E-state index in [-0.39, 0.29) is 5.02 Å². The zero-order chi connectivity index (χ0) is 21.2. The van der Waals surface area contributed by atoms with Crippen molar-refractivity contribution < 1.29 is 18.4 Å². The number of hydrogen-bond donors (Lipinski definition) is 1. The first kappa shape index (κ1) is 20.9. The molecule has 3 unspecified atom stereocenters. The second-order valence-electron chi connectivity index (χ2n) is 8.99. The minimum absolute atomic E-state index is 0.0186. The standard InChI is InChI=1S/C21H24ClFN2O3S/c1-19(2,3)29(26)25-20(4)10-27-18-13(20)9-16(21(5)11-28-21)24-17(18)12-6-7-15(23)14(22)8-12/h6-9,25H,10-11H2,1-5H3. The molecule has 5 nitrogen and oxygen atoms in total. The summed E-state index contributed by atoms with van der Waals surface area (Å²) in [6.07, 6.45) is 0. The number of benzene rings is 1. The Hall–Kier alpha value is -1.38. The molecule has 0 spiro atoms. The quantitative estimate of drug-likeness (QED) is 0.564. The molecule has 29 heavy (non-hydrogen) atoms. The zero-order valence-corrected chi connectivity index (χ0v) is 18.6. The van der Waals surface area contributed by atoms with Gasteiger partial charge in [0.25, 0.3) is 0 Å². The summed E-state index contributed by atoms with van der Waals surface area (Å²) in [6, 6.07) is 6.44. The Morgan fingerprint density at radius 3 is 2.52 bits per heavy atom. The maximum atomic E-state index is 13.7. The van der Waals surface area contributed by atoms with Crippen LogP contribution in [0.2, 0.25) is 5.02 Å². The molecule has 3 heterocycles. The molecule has 0 amide bonds. The lowest BCUT2D eigenvalue weighted by Gasteiger charge is -2.31. The van der Waals surface area contributed by atoms with Crippen molar-refractivity contribution in [1.82, 2.24) is 9.71 Å². The van der Waals surface area contributed by atoms with Crippen LogP contribution in [-0.4, -0.2) is 27.5 Å². The van der Waals surface area contributed by atoms with Gasteiger partial charge in [-0.05, 0) is 58.9 Å². The summed E-state index contributed by atoms with van der Waals surface area (Å²) >= 11 is 4.71. The van der Waals surface area contributed by atoms with E-state index in [1.807, 2.05) is 40.7 Å². The lowest BCUT2D eigenvalue weighted by Crippen LogP contribution is -2.50. The summed E-state index contributed by atoms with van der Waals surface area (Å²) in [5.74, 6) is 0.0929. The first-order valence-electron chi connectivity index (χ1n) is 9.41. The van der Waals surface area contributed by atoms with Crippen molar-refractivity contribution in [3.05, 3.63) is 46.4 Å². The molecular formula is C21H24ClFN2O3S. The summed E-state index contributed by atoms with van der Waals surface area (Å²) in [5.41, 5.74) is 1.69. The Morgan fingerprint density at radius 2 is 1.93 bits per heavy atom. The fourth-order valence-corrected chi connectivity index (χ4v) is 4.26. The van der Waals surface area contributed by atoms with Crippen LogP contribution in [-0.2, 0) is 27.2 Å². The van der Waals surface area contributed by atoms with Gasteiger partial charge in [-0.1, -0.05) is 11.6 Å². The molecule has 0 bridgehead atoms. The molecule has 3 atom stereocenters. The van der Waals surface area contributed by atoms with E-state index < -0.39 is 33.1 Å². The van der Waals surface area contributed by atoms with E-state index in [0.29, 0.717) is 30.2 Å². The lowest BCUT2D eigenvalue weighted by molar-refractivity contribution is 0.266. The van der Waals surface area contributed by atoms with Gasteiger partial charge in [0, 0.05) is 22.5 Å². The molecule has 2 aliphatic rings. The van der Waals surface area contributed by atoms with Crippen LogP contribution in [0.4, 0.5) is 4.39 Å². The molecule has 1 aromatic heterocycles. The van der Waals surface area contributed by atoms with E-state index in [0.717, 1.165) is 11.3 Å². The number of epoxide rings is 1. The SMILES string of the molecule is CC1(N[S+]([O-])C(C)(C)C)COc2c1cc(C1(C)CO1)nc2-c1ccc(F)c(Cl)c1. The van der Waals surface area contributed by atoms with E-state index in [2.05, 4.69) is 4.72 Å². The summed E-state index contributed by atoms with van der Waals surface area (Å²) in [6.45, 7) is 10.6. The van der Waals surface area contributed by atoms with Gasteiger partial charge in [0.1, 0.15) is 34.0 Å². The molecule has 1 N–H and O–H groups in total. The predicted octanol–water partition coefficient (Wildman–Crippen LogP) is 4.45. The third-order valence-electron chi connectivity index (χ3n) is 5.26. The minimum atomic E-state index is -1.30. The number of fused-ring (bicyclic) bond motifs is 1. The van der Waals surface area contributed by atoms with Gasteiger partial charge in [-0.2, -0.15) is 0 Å². The Balaban J connectivity index is 1.85. The largest absolute Gasteiger partial charge is 0.598 e. The van der Waals surface area contributed by atoms with Crippen LogP contribution >= 0.6 is 11.6 Å². The van der Waals surface area contributed by atoms with Gasteiger partial charge in [-0.25, -0.2) is 9.37 Å². The fourth-order valence-electron chi connectivity index (χ4n) is 3.19. The summed E-state index contributed by atoms with van der Waals surface area (Å²) in [4.78, 5) is 4.78. The second-order valence-corrected chi connectivity index (χ2v) is 11.4. The molecule has 4 rings (SSSR count).